The first-order chi connectivity index (χ1) is 10.2. The number of rotatable bonds is 4. The molecule has 0 bridgehead atoms. The van der Waals surface area contributed by atoms with Gasteiger partial charge in [0.1, 0.15) is 0 Å². The van der Waals surface area contributed by atoms with Gasteiger partial charge in [0, 0.05) is 18.7 Å². The summed E-state index contributed by atoms with van der Waals surface area (Å²) in [6, 6.07) is 4.69. The minimum absolute atomic E-state index is 0.0277. The zero-order valence-corrected chi connectivity index (χ0v) is 13.2. The monoisotopic (exact) mass is 289 g/mol. The number of hydrogen-bond donors (Lipinski definition) is 1. The predicted octanol–water partition coefficient (Wildman–Crippen LogP) is 3.27. The van der Waals surface area contributed by atoms with Gasteiger partial charge in [-0.05, 0) is 37.7 Å². The van der Waals surface area contributed by atoms with Crippen LogP contribution in [0.2, 0.25) is 0 Å². The highest BCUT2D eigenvalue weighted by Gasteiger charge is 2.33. The SMILES string of the molecule is CC[C@H]1C[C@@H](N)c2nc(OC)ccc2N1CC1CCCC1. The van der Waals surface area contributed by atoms with E-state index in [1.54, 1.807) is 7.11 Å². The van der Waals surface area contributed by atoms with E-state index in [0.717, 1.165) is 31.0 Å². The van der Waals surface area contributed by atoms with Crippen LogP contribution in [0, 0.1) is 5.92 Å². The van der Waals surface area contributed by atoms with Crippen molar-refractivity contribution < 1.29 is 4.74 Å². The van der Waals surface area contributed by atoms with Crippen LogP contribution in [0.25, 0.3) is 0 Å². The fourth-order valence-electron chi connectivity index (χ4n) is 3.91. The molecule has 1 aromatic rings. The van der Waals surface area contributed by atoms with Crippen molar-refractivity contribution in [2.24, 2.45) is 11.7 Å². The Bertz CT molecular complexity index is 485. The Morgan fingerprint density at radius 3 is 2.76 bits per heavy atom. The highest BCUT2D eigenvalue weighted by atomic mass is 16.5. The minimum Gasteiger partial charge on any atom is -0.481 e. The summed E-state index contributed by atoms with van der Waals surface area (Å²) in [5.74, 6) is 1.50. The lowest BCUT2D eigenvalue weighted by atomic mass is 9.92. The molecule has 0 spiro atoms. The molecule has 116 valence electrons. The Balaban J connectivity index is 1.90. The topological polar surface area (TPSA) is 51.4 Å². The lowest BCUT2D eigenvalue weighted by Gasteiger charge is -2.41. The van der Waals surface area contributed by atoms with Crippen molar-refractivity contribution >= 4 is 5.69 Å². The normalized spacial score (nSPS) is 26.0. The molecule has 0 amide bonds. The van der Waals surface area contributed by atoms with Gasteiger partial charge in [-0.1, -0.05) is 19.8 Å². The van der Waals surface area contributed by atoms with E-state index in [1.165, 1.54) is 31.4 Å². The third-order valence-corrected chi connectivity index (χ3v) is 5.11. The lowest BCUT2D eigenvalue weighted by molar-refractivity contribution is 0.383. The first-order valence-electron chi connectivity index (χ1n) is 8.30. The summed E-state index contributed by atoms with van der Waals surface area (Å²) >= 11 is 0. The van der Waals surface area contributed by atoms with Crippen molar-refractivity contribution in [3.8, 4) is 5.88 Å². The zero-order valence-electron chi connectivity index (χ0n) is 13.2. The molecule has 0 unspecified atom stereocenters. The van der Waals surface area contributed by atoms with Gasteiger partial charge in [-0.15, -0.1) is 0 Å². The minimum atomic E-state index is 0.0277. The molecule has 2 heterocycles. The van der Waals surface area contributed by atoms with E-state index in [1.807, 2.05) is 6.07 Å². The van der Waals surface area contributed by atoms with Gasteiger partial charge < -0.3 is 15.4 Å². The molecule has 3 rings (SSSR count). The van der Waals surface area contributed by atoms with Crippen LogP contribution in [0.3, 0.4) is 0 Å². The number of nitrogens with two attached hydrogens (primary N) is 1. The highest BCUT2D eigenvalue weighted by Crippen LogP contribution is 2.38. The second kappa shape index (κ2) is 6.22. The van der Waals surface area contributed by atoms with Crippen LogP contribution < -0.4 is 15.4 Å². The molecule has 1 fully saturated rings. The molecule has 2 aliphatic rings. The maximum Gasteiger partial charge on any atom is 0.213 e. The smallest absolute Gasteiger partial charge is 0.213 e. The Labute approximate surface area is 127 Å². The van der Waals surface area contributed by atoms with E-state index in [9.17, 15) is 0 Å². The number of pyridine rings is 1. The highest BCUT2D eigenvalue weighted by molar-refractivity contribution is 5.56. The standard InChI is InChI=1S/C17H27N3O/c1-3-13-10-14(18)17-15(8-9-16(19-17)21-2)20(13)11-12-6-4-5-7-12/h8-9,12-14H,3-7,10-11,18H2,1-2H3/t13-,14+/m0/s1. The van der Waals surface area contributed by atoms with Crippen molar-refractivity contribution in [1.82, 2.24) is 4.98 Å². The number of hydrogen-bond acceptors (Lipinski definition) is 4. The Morgan fingerprint density at radius 2 is 2.10 bits per heavy atom. The second-order valence-corrected chi connectivity index (χ2v) is 6.47. The average molecular weight is 289 g/mol. The summed E-state index contributed by atoms with van der Waals surface area (Å²) < 4.78 is 5.27. The number of methoxy groups -OCH3 is 1. The second-order valence-electron chi connectivity index (χ2n) is 6.47. The summed E-state index contributed by atoms with van der Waals surface area (Å²) in [6.45, 7) is 3.42. The van der Waals surface area contributed by atoms with Crippen molar-refractivity contribution in [1.29, 1.82) is 0 Å². The molecule has 4 nitrogen and oxygen atoms in total. The molecule has 0 aromatic carbocycles. The van der Waals surface area contributed by atoms with Gasteiger partial charge in [-0.2, -0.15) is 0 Å². The molecule has 1 aromatic heterocycles. The summed E-state index contributed by atoms with van der Waals surface area (Å²) in [5.41, 5.74) is 8.60. The van der Waals surface area contributed by atoms with Crippen LogP contribution >= 0.6 is 0 Å². The molecule has 1 saturated carbocycles. The van der Waals surface area contributed by atoms with E-state index in [2.05, 4.69) is 22.9 Å². The molecule has 0 radical (unpaired) electrons. The van der Waals surface area contributed by atoms with Crippen molar-refractivity contribution in [3.63, 3.8) is 0 Å². The number of ether oxygens (including phenoxy) is 1. The quantitative estimate of drug-likeness (QED) is 0.924. The van der Waals surface area contributed by atoms with Gasteiger partial charge in [0.15, 0.2) is 0 Å². The fraction of sp³-hybridized carbons (Fsp3) is 0.706. The van der Waals surface area contributed by atoms with Gasteiger partial charge in [0.25, 0.3) is 0 Å². The predicted molar refractivity (Wildman–Crippen MR) is 85.7 cm³/mol. The molecule has 0 saturated heterocycles. The van der Waals surface area contributed by atoms with Crippen LogP contribution in [-0.2, 0) is 0 Å². The molecule has 4 heteroatoms. The van der Waals surface area contributed by atoms with Crippen LogP contribution in [0.5, 0.6) is 5.88 Å². The van der Waals surface area contributed by atoms with Crippen LogP contribution in [-0.4, -0.2) is 24.7 Å². The molecule has 1 aliphatic carbocycles. The summed E-state index contributed by atoms with van der Waals surface area (Å²) in [5, 5.41) is 0. The Kier molecular flexibility index (Phi) is 4.34. The fourth-order valence-corrected chi connectivity index (χ4v) is 3.91. The summed E-state index contributed by atoms with van der Waals surface area (Å²) in [7, 11) is 1.66. The summed E-state index contributed by atoms with van der Waals surface area (Å²) in [4.78, 5) is 7.19. The van der Waals surface area contributed by atoms with Gasteiger partial charge in [-0.25, -0.2) is 4.98 Å². The maximum atomic E-state index is 6.36. The zero-order chi connectivity index (χ0) is 14.8. The van der Waals surface area contributed by atoms with Crippen molar-refractivity contribution in [2.75, 3.05) is 18.6 Å². The summed E-state index contributed by atoms with van der Waals surface area (Å²) in [6.07, 6.45) is 7.67. The van der Waals surface area contributed by atoms with E-state index in [4.69, 9.17) is 10.5 Å². The molecule has 21 heavy (non-hydrogen) atoms. The van der Waals surface area contributed by atoms with E-state index in [0.29, 0.717) is 11.9 Å². The van der Waals surface area contributed by atoms with Gasteiger partial charge in [-0.3, -0.25) is 0 Å². The van der Waals surface area contributed by atoms with Crippen molar-refractivity contribution in [2.45, 2.75) is 57.5 Å². The van der Waals surface area contributed by atoms with Crippen molar-refractivity contribution in [3.05, 3.63) is 17.8 Å². The molecule has 1 aliphatic heterocycles. The Morgan fingerprint density at radius 1 is 1.33 bits per heavy atom. The lowest BCUT2D eigenvalue weighted by Crippen LogP contribution is -2.44. The third-order valence-electron chi connectivity index (χ3n) is 5.11. The average Bonchev–Trinajstić information content (AvgIpc) is 3.02. The van der Waals surface area contributed by atoms with Crippen LogP contribution in [0.4, 0.5) is 5.69 Å². The molecule has 2 N–H and O–H groups in total. The number of fused-ring (bicyclic) bond motifs is 1. The van der Waals surface area contributed by atoms with E-state index in [-0.39, 0.29) is 6.04 Å². The third kappa shape index (κ3) is 2.86. The van der Waals surface area contributed by atoms with Crippen LogP contribution in [0.1, 0.15) is 57.2 Å². The maximum absolute atomic E-state index is 6.36. The van der Waals surface area contributed by atoms with E-state index >= 15 is 0 Å². The van der Waals surface area contributed by atoms with Gasteiger partial charge in [0.05, 0.1) is 24.5 Å². The Hall–Kier alpha value is -1.29. The first kappa shape index (κ1) is 14.6. The largest absolute Gasteiger partial charge is 0.481 e. The molecular formula is C17H27N3O. The molecular weight excluding hydrogens is 262 g/mol. The van der Waals surface area contributed by atoms with Gasteiger partial charge >= 0.3 is 0 Å². The number of nitrogens with zero attached hydrogens (tertiary/aromatic N) is 2. The number of anilines is 1. The first-order valence-corrected chi connectivity index (χ1v) is 8.30. The van der Waals surface area contributed by atoms with E-state index < -0.39 is 0 Å². The number of aromatic nitrogens is 1. The van der Waals surface area contributed by atoms with Crippen LogP contribution in [0.15, 0.2) is 12.1 Å². The molecule has 2 atom stereocenters. The van der Waals surface area contributed by atoms with Gasteiger partial charge in [0.2, 0.25) is 5.88 Å².